The number of imide groups is 1. The van der Waals surface area contributed by atoms with Crippen molar-refractivity contribution in [2.24, 2.45) is 16.9 Å². The third-order valence-corrected chi connectivity index (χ3v) is 10.3. The summed E-state index contributed by atoms with van der Waals surface area (Å²) in [5.41, 5.74) is 8.41. The monoisotopic (exact) mass is 623 g/mol. The van der Waals surface area contributed by atoms with Crippen LogP contribution in [0.2, 0.25) is 0 Å². The number of nitrogens with one attached hydrogen (secondary N) is 3. The molecule has 2 bridgehead atoms. The van der Waals surface area contributed by atoms with Crippen LogP contribution < -0.4 is 15.6 Å². The quantitative estimate of drug-likeness (QED) is 0.217. The van der Waals surface area contributed by atoms with E-state index in [1.807, 2.05) is 48.5 Å². The van der Waals surface area contributed by atoms with Gasteiger partial charge < -0.3 is 0 Å². The zero-order valence-electron chi connectivity index (χ0n) is 22.5. The van der Waals surface area contributed by atoms with Crippen molar-refractivity contribution in [2.45, 2.75) is 16.7 Å². The first kappa shape index (κ1) is 27.4. The molecule has 218 valence electrons. The highest BCUT2D eigenvalue weighted by Crippen LogP contribution is 2.59. The molecule has 1 aliphatic heterocycles. The summed E-state index contributed by atoms with van der Waals surface area (Å²) in [6, 6.07) is 22.5. The molecule has 2 atom stereocenters. The van der Waals surface area contributed by atoms with Gasteiger partial charge in [0, 0.05) is 23.4 Å². The van der Waals surface area contributed by atoms with Crippen LogP contribution >= 0.6 is 11.3 Å². The van der Waals surface area contributed by atoms with Crippen molar-refractivity contribution in [2.75, 3.05) is 10.1 Å². The zero-order chi connectivity index (χ0) is 30.6. The summed E-state index contributed by atoms with van der Waals surface area (Å²) >= 11 is 1.13. The van der Waals surface area contributed by atoms with Gasteiger partial charge in [-0.15, -0.1) is 11.3 Å². The van der Waals surface area contributed by atoms with E-state index in [4.69, 9.17) is 0 Å². The maximum Gasteiger partial charge on any atom is 0.310 e. The summed E-state index contributed by atoms with van der Waals surface area (Å²) in [6.07, 6.45) is 1.47. The standard InChI is InChI=1S/C30H21N7O5S2/c31-15-22(34-33-16-9-11-17(12-10-16)44(41,42)36-30-32-13-14-43-30)28(39)37-29(40)26-24-20-7-3-1-5-18(20)23(25(26)27(38)35-37)19-6-2-4-8-21(19)24/h1-14,23-26,33H,(H,32,36)(H,35,38)/b34-22-. The van der Waals surface area contributed by atoms with Crippen LogP contribution in [0.3, 0.4) is 0 Å². The summed E-state index contributed by atoms with van der Waals surface area (Å²) in [5.74, 6) is -4.56. The molecule has 3 amide bonds. The van der Waals surface area contributed by atoms with E-state index in [9.17, 15) is 28.1 Å². The minimum Gasteiger partial charge on any atom is -0.277 e. The van der Waals surface area contributed by atoms with Crippen molar-refractivity contribution >= 4 is 55.6 Å². The van der Waals surface area contributed by atoms with Crippen LogP contribution in [0, 0.1) is 23.2 Å². The van der Waals surface area contributed by atoms with Crippen molar-refractivity contribution in [3.8, 4) is 6.07 Å². The van der Waals surface area contributed by atoms with Gasteiger partial charge in [0.25, 0.3) is 15.9 Å². The zero-order valence-corrected chi connectivity index (χ0v) is 24.2. The number of sulfonamides is 1. The average molecular weight is 624 g/mol. The Kier molecular flexibility index (Phi) is 6.49. The first-order valence-corrected chi connectivity index (χ1v) is 15.8. The molecule has 2 unspecified atom stereocenters. The largest absolute Gasteiger partial charge is 0.310 e. The fourth-order valence-electron chi connectivity index (χ4n) is 6.33. The highest BCUT2D eigenvalue weighted by molar-refractivity contribution is 7.93. The summed E-state index contributed by atoms with van der Waals surface area (Å²) < 4.78 is 27.5. The molecule has 2 heterocycles. The second-order valence-electron chi connectivity index (χ2n) is 10.4. The summed E-state index contributed by atoms with van der Waals surface area (Å²) in [4.78, 5) is 44.8. The molecule has 0 spiro atoms. The lowest BCUT2D eigenvalue weighted by atomic mass is 9.53. The predicted molar refractivity (Wildman–Crippen MR) is 160 cm³/mol. The number of benzene rings is 3. The van der Waals surface area contributed by atoms with E-state index in [0.717, 1.165) is 33.6 Å². The lowest BCUT2D eigenvalue weighted by Crippen LogP contribution is -2.65. The van der Waals surface area contributed by atoms with Gasteiger partial charge in [-0.1, -0.05) is 48.5 Å². The van der Waals surface area contributed by atoms with Crippen LogP contribution in [-0.2, 0) is 24.4 Å². The second-order valence-corrected chi connectivity index (χ2v) is 12.9. The SMILES string of the molecule is N#C/C(=N/Nc1ccc(S(=O)(=O)Nc2nccs2)cc1)C(=O)N1NC(=O)C2C3c4ccccc4C(c4ccccc43)C2C1=O. The van der Waals surface area contributed by atoms with Crippen LogP contribution in [0.15, 0.2) is 94.4 Å². The minimum absolute atomic E-state index is 0.0417. The third-order valence-electron chi connectivity index (χ3n) is 8.09. The van der Waals surface area contributed by atoms with E-state index in [2.05, 4.69) is 25.7 Å². The summed E-state index contributed by atoms with van der Waals surface area (Å²) in [7, 11) is -3.88. The van der Waals surface area contributed by atoms with E-state index < -0.39 is 51.2 Å². The van der Waals surface area contributed by atoms with Gasteiger partial charge in [0.15, 0.2) is 5.13 Å². The molecule has 3 aliphatic carbocycles. The molecular weight excluding hydrogens is 603 g/mol. The molecule has 4 aromatic rings. The van der Waals surface area contributed by atoms with Crippen LogP contribution in [0.5, 0.6) is 0 Å². The number of thiazole rings is 1. The van der Waals surface area contributed by atoms with E-state index in [1.54, 1.807) is 11.4 Å². The third kappa shape index (κ3) is 4.32. The van der Waals surface area contributed by atoms with Crippen molar-refractivity contribution in [1.29, 1.82) is 5.26 Å². The van der Waals surface area contributed by atoms with Gasteiger partial charge in [-0.25, -0.2) is 13.4 Å². The number of nitrogens with zero attached hydrogens (tertiary/aromatic N) is 4. The average Bonchev–Trinajstić information content (AvgIpc) is 3.55. The summed E-state index contributed by atoms with van der Waals surface area (Å²) in [6.45, 7) is 0. The predicted octanol–water partition coefficient (Wildman–Crippen LogP) is 3.16. The maximum absolute atomic E-state index is 13.9. The Morgan fingerprint density at radius 1 is 0.932 bits per heavy atom. The highest BCUT2D eigenvalue weighted by atomic mass is 32.2. The van der Waals surface area contributed by atoms with Gasteiger partial charge in [0.1, 0.15) is 6.07 Å². The number of anilines is 2. The number of amides is 3. The fraction of sp³-hybridized carbons (Fsp3) is 0.133. The van der Waals surface area contributed by atoms with Gasteiger partial charge in [-0.05, 0) is 46.5 Å². The topological polar surface area (TPSA) is 174 Å². The van der Waals surface area contributed by atoms with Gasteiger partial charge in [-0.3, -0.25) is 30.0 Å². The Hall–Kier alpha value is -5.39. The van der Waals surface area contributed by atoms with Crippen molar-refractivity contribution < 1.29 is 22.8 Å². The molecule has 0 radical (unpaired) electrons. The van der Waals surface area contributed by atoms with E-state index >= 15 is 0 Å². The molecule has 8 rings (SSSR count). The number of hydrazone groups is 1. The molecular formula is C30H21N7O5S2. The number of aromatic nitrogens is 1. The molecule has 1 aromatic heterocycles. The van der Waals surface area contributed by atoms with E-state index in [0.29, 0.717) is 5.01 Å². The molecule has 44 heavy (non-hydrogen) atoms. The van der Waals surface area contributed by atoms with Gasteiger partial charge >= 0.3 is 5.91 Å². The number of hydrogen-bond acceptors (Lipinski definition) is 10. The number of hydrazine groups is 1. The van der Waals surface area contributed by atoms with Gasteiger partial charge in [0.2, 0.25) is 11.6 Å². The number of rotatable bonds is 6. The lowest BCUT2D eigenvalue weighted by Gasteiger charge is -2.52. The first-order chi connectivity index (χ1) is 21.3. The maximum atomic E-state index is 13.9. The van der Waals surface area contributed by atoms with Crippen molar-refractivity contribution in [1.82, 2.24) is 15.4 Å². The molecule has 3 N–H and O–H groups in total. The van der Waals surface area contributed by atoms with E-state index in [1.165, 1.54) is 30.5 Å². The second kappa shape index (κ2) is 10.4. The fourth-order valence-corrected chi connectivity index (χ4v) is 8.12. The van der Waals surface area contributed by atoms with Crippen molar-refractivity contribution in [3.05, 3.63) is 107 Å². The molecule has 3 aromatic carbocycles. The Labute approximate surface area is 255 Å². The van der Waals surface area contributed by atoms with Gasteiger partial charge in [-0.2, -0.15) is 15.4 Å². The highest BCUT2D eigenvalue weighted by Gasteiger charge is 2.59. The molecule has 1 saturated heterocycles. The van der Waals surface area contributed by atoms with E-state index in [-0.39, 0.29) is 21.6 Å². The molecule has 14 heteroatoms. The first-order valence-electron chi connectivity index (χ1n) is 13.4. The van der Waals surface area contributed by atoms with Gasteiger partial charge in [0.05, 0.1) is 22.4 Å². The lowest BCUT2D eigenvalue weighted by molar-refractivity contribution is -0.164. The van der Waals surface area contributed by atoms with Crippen LogP contribution in [0.4, 0.5) is 10.8 Å². The summed E-state index contributed by atoms with van der Waals surface area (Å²) in [5, 5.41) is 16.0. The van der Waals surface area contributed by atoms with Crippen LogP contribution in [0.25, 0.3) is 0 Å². The minimum atomic E-state index is -3.88. The molecule has 12 nitrogen and oxygen atoms in total. The number of carbonyl (C=O) groups excluding carboxylic acids is 3. The van der Waals surface area contributed by atoms with Crippen LogP contribution in [0.1, 0.15) is 34.1 Å². The number of nitriles is 1. The Morgan fingerprint density at radius 2 is 1.52 bits per heavy atom. The number of hydrogen-bond donors (Lipinski definition) is 3. The molecule has 0 saturated carbocycles. The Bertz CT molecular complexity index is 1970. The van der Waals surface area contributed by atoms with Crippen molar-refractivity contribution in [3.63, 3.8) is 0 Å². The Balaban J connectivity index is 1.13. The molecule has 4 aliphatic rings. The smallest absolute Gasteiger partial charge is 0.277 e. The Morgan fingerprint density at radius 3 is 2.07 bits per heavy atom. The number of carbonyl (C=O) groups is 3. The molecule has 1 fully saturated rings. The van der Waals surface area contributed by atoms with Crippen LogP contribution in [-0.4, -0.2) is 41.8 Å². The normalized spacial score (nSPS) is 21.8.